The first kappa shape index (κ1) is 24.4. The van der Waals surface area contributed by atoms with E-state index in [-0.39, 0.29) is 30.0 Å². The fourth-order valence-electron chi connectivity index (χ4n) is 3.22. The zero-order chi connectivity index (χ0) is 20.9. The predicted octanol–water partition coefficient (Wildman–Crippen LogP) is 3.34. The number of nitrogens with one attached hydrogen (secondary N) is 2. The van der Waals surface area contributed by atoms with Crippen molar-refractivity contribution < 1.29 is 17.7 Å². The maximum atomic E-state index is 12.7. The SMILES string of the molecule is CCNC(=NCc1noc(C)n1)NC1CCN(Cc2ccc(C(F)(F)F)cc2)C1.I. The molecule has 7 nitrogen and oxygen atoms in total. The van der Waals surface area contributed by atoms with E-state index in [1.54, 1.807) is 19.1 Å². The predicted molar refractivity (Wildman–Crippen MR) is 118 cm³/mol. The number of aliphatic imine (C=N–C) groups is 1. The molecule has 2 heterocycles. The minimum absolute atomic E-state index is 0. The number of hydrogen-bond donors (Lipinski definition) is 2. The molecule has 1 aliphatic heterocycles. The molecule has 0 aliphatic carbocycles. The summed E-state index contributed by atoms with van der Waals surface area (Å²) >= 11 is 0. The number of rotatable bonds is 6. The van der Waals surface area contributed by atoms with Crippen LogP contribution in [0.2, 0.25) is 0 Å². The minimum atomic E-state index is -4.30. The number of hydrogen-bond acceptors (Lipinski definition) is 5. The number of guanidine groups is 1. The van der Waals surface area contributed by atoms with Crippen LogP contribution in [0.4, 0.5) is 13.2 Å². The monoisotopic (exact) mass is 538 g/mol. The first-order chi connectivity index (χ1) is 13.8. The summed E-state index contributed by atoms with van der Waals surface area (Å²) in [6.07, 6.45) is -3.38. The molecule has 0 bridgehead atoms. The molecule has 1 aromatic carbocycles. The highest BCUT2D eigenvalue weighted by Crippen LogP contribution is 2.29. The lowest BCUT2D eigenvalue weighted by Gasteiger charge is -2.19. The van der Waals surface area contributed by atoms with E-state index in [0.29, 0.717) is 30.8 Å². The van der Waals surface area contributed by atoms with Crippen LogP contribution in [0.1, 0.15) is 36.2 Å². The van der Waals surface area contributed by atoms with E-state index >= 15 is 0 Å². The van der Waals surface area contributed by atoms with Crippen molar-refractivity contribution in [1.29, 1.82) is 0 Å². The quantitative estimate of drug-likeness (QED) is 0.334. The second-order valence-corrected chi connectivity index (χ2v) is 6.98. The smallest absolute Gasteiger partial charge is 0.357 e. The van der Waals surface area contributed by atoms with Crippen molar-refractivity contribution in [3.05, 3.63) is 47.1 Å². The van der Waals surface area contributed by atoms with Gasteiger partial charge in [-0.05, 0) is 31.0 Å². The lowest BCUT2D eigenvalue weighted by Crippen LogP contribution is -2.44. The van der Waals surface area contributed by atoms with Crippen LogP contribution < -0.4 is 10.6 Å². The van der Waals surface area contributed by atoms with Gasteiger partial charge in [-0.2, -0.15) is 18.2 Å². The fraction of sp³-hybridized carbons (Fsp3) is 0.526. The molecule has 166 valence electrons. The van der Waals surface area contributed by atoms with E-state index in [9.17, 15) is 13.2 Å². The van der Waals surface area contributed by atoms with Crippen LogP contribution in [0.3, 0.4) is 0 Å². The average molecular weight is 538 g/mol. The third kappa shape index (κ3) is 7.11. The standard InChI is InChI=1S/C19H25F3N6O.HI/c1-3-23-18(24-10-17-25-13(2)29-27-17)26-16-8-9-28(12-16)11-14-4-6-15(7-5-14)19(20,21)22;/h4-7,16H,3,8-12H2,1-2H3,(H2,23,24,26);1H. The van der Waals surface area contributed by atoms with Crippen molar-refractivity contribution >= 4 is 29.9 Å². The molecule has 0 saturated carbocycles. The lowest BCUT2D eigenvalue weighted by atomic mass is 10.1. The Morgan fingerprint density at radius 3 is 2.63 bits per heavy atom. The van der Waals surface area contributed by atoms with Gasteiger partial charge in [0.2, 0.25) is 5.89 Å². The Balaban J connectivity index is 0.00000320. The van der Waals surface area contributed by atoms with Crippen LogP contribution in [0, 0.1) is 6.92 Å². The van der Waals surface area contributed by atoms with Gasteiger partial charge in [-0.15, -0.1) is 24.0 Å². The van der Waals surface area contributed by atoms with Crippen LogP contribution in [0.15, 0.2) is 33.8 Å². The third-order valence-electron chi connectivity index (χ3n) is 4.59. The largest absolute Gasteiger partial charge is 0.416 e. The highest BCUT2D eigenvalue weighted by Gasteiger charge is 2.30. The van der Waals surface area contributed by atoms with Gasteiger partial charge in [0, 0.05) is 39.1 Å². The van der Waals surface area contributed by atoms with E-state index in [1.807, 2.05) is 6.92 Å². The molecule has 2 aromatic rings. The van der Waals surface area contributed by atoms with Gasteiger partial charge in [-0.25, -0.2) is 4.99 Å². The topological polar surface area (TPSA) is 78.6 Å². The molecule has 30 heavy (non-hydrogen) atoms. The minimum Gasteiger partial charge on any atom is -0.357 e. The van der Waals surface area contributed by atoms with Crippen LogP contribution in [-0.4, -0.2) is 46.7 Å². The van der Waals surface area contributed by atoms with E-state index in [2.05, 4.69) is 30.7 Å². The normalized spacial score (nSPS) is 17.6. The van der Waals surface area contributed by atoms with E-state index in [1.165, 1.54) is 0 Å². The summed E-state index contributed by atoms with van der Waals surface area (Å²) in [7, 11) is 0. The summed E-state index contributed by atoms with van der Waals surface area (Å²) in [5, 5.41) is 10.4. The van der Waals surface area contributed by atoms with E-state index < -0.39 is 11.7 Å². The Bertz CT molecular complexity index is 824. The van der Waals surface area contributed by atoms with Gasteiger partial charge in [0.05, 0.1) is 5.56 Å². The van der Waals surface area contributed by atoms with E-state index in [4.69, 9.17) is 4.52 Å². The Kier molecular flexibility index (Phi) is 8.89. The Labute approximate surface area is 190 Å². The lowest BCUT2D eigenvalue weighted by molar-refractivity contribution is -0.137. The van der Waals surface area contributed by atoms with Gasteiger partial charge < -0.3 is 15.2 Å². The summed E-state index contributed by atoms with van der Waals surface area (Å²) in [6, 6.07) is 5.56. The molecule has 11 heteroatoms. The number of aromatic nitrogens is 2. The van der Waals surface area contributed by atoms with Crippen molar-refractivity contribution in [1.82, 2.24) is 25.7 Å². The van der Waals surface area contributed by atoms with Crippen molar-refractivity contribution in [2.45, 2.75) is 45.6 Å². The van der Waals surface area contributed by atoms with Crippen LogP contribution in [-0.2, 0) is 19.3 Å². The number of aryl methyl sites for hydroxylation is 1. The summed E-state index contributed by atoms with van der Waals surface area (Å²) in [5.74, 6) is 1.70. The molecule has 1 aromatic heterocycles. The summed E-state index contributed by atoms with van der Waals surface area (Å²) < 4.78 is 43.0. The zero-order valence-electron chi connectivity index (χ0n) is 16.9. The van der Waals surface area contributed by atoms with Crippen LogP contribution >= 0.6 is 24.0 Å². The Hall–Kier alpha value is -1.89. The summed E-state index contributed by atoms with van der Waals surface area (Å²) in [5.41, 5.74) is 0.247. The van der Waals surface area contributed by atoms with Crippen LogP contribution in [0.5, 0.6) is 0 Å². The molecular formula is C19H26F3IN6O. The summed E-state index contributed by atoms with van der Waals surface area (Å²) in [4.78, 5) is 10.8. The van der Waals surface area contributed by atoms with Gasteiger partial charge in [-0.1, -0.05) is 17.3 Å². The Morgan fingerprint density at radius 1 is 1.30 bits per heavy atom. The maximum absolute atomic E-state index is 12.7. The number of alkyl halides is 3. The first-order valence-electron chi connectivity index (χ1n) is 9.56. The molecule has 0 radical (unpaired) electrons. The highest BCUT2D eigenvalue weighted by molar-refractivity contribution is 14.0. The second-order valence-electron chi connectivity index (χ2n) is 6.98. The maximum Gasteiger partial charge on any atom is 0.416 e. The van der Waals surface area contributed by atoms with Crippen molar-refractivity contribution in [3.63, 3.8) is 0 Å². The van der Waals surface area contributed by atoms with Crippen molar-refractivity contribution in [3.8, 4) is 0 Å². The molecule has 3 rings (SSSR count). The van der Waals surface area contributed by atoms with Gasteiger partial charge >= 0.3 is 6.18 Å². The van der Waals surface area contributed by atoms with Crippen LogP contribution in [0.25, 0.3) is 0 Å². The van der Waals surface area contributed by atoms with Gasteiger partial charge in [-0.3, -0.25) is 4.90 Å². The van der Waals surface area contributed by atoms with Gasteiger partial charge in [0.25, 0.3) is 0 Å². The molecule has 2 N–H and O–H groups in total. The molecule has 1 aliphatic rings. The highest BCUT2D eigenvalue weighted by atomic mass is 127. The fourth-order valence-corrected chi connectivity index (χ4v) is 3.22. The summed E-state index contributed by atoms with van der Waals surface area (Å²) in [6.45, 7) is 7.02. The zero-order valence-corrected chi connectivity index (χ0v) is 19.2. The molecule has 1 unspecified atom stereocenters. The second kappa shape index (κ2) is 10.9. The molecule has 1 saturated heterocycles. The molecule has 0 spiro atoms. The third-order valence-corrected chi connectivity index (χ3v) is 4.59. The number of benzene rings is 1. The number of nitrogens with zero attached hydrogens (tertiary/aromatic N) is 4. The molecule has 1 atom stereocenters. The van der Waals surface area contributed by atoms with Gasteiger partial charge in [0.15, 0.2) is 11.8 Å². The molecule has 0 amide bonds. The Morgan fingerprint density at radius 2 is 2.03 bits per heavy atom. The number of likely N-dealkylation sites (tertiary alicyclic amines) is 1. The average Bonchev–Trinajstić information content (AvgIpc) is 3.28. The van der Waals surface area contributed by atoms with E-state index in [0.717, 1.165) is 43.8 Å². The number of halogens is 4. The molecule has 1 fully saturated rings. The first-order valence-corrected chi connectivity index (χ1v) is 9.56. The van der Waals surface area contributed by atoms with Gasteiger partial charge in [0.1, 0.15) is 6.54 Å². The van der Waals surface area contributed by atoms with Crippen molar-refractivity contribution in [2.24, 2.45) is 4.99 Å². The van der Waals surface area contributed by atoms with Crippen molar-refractivity contribution in [2.75, 3.05) is 19.6 Å². The molecular weight excluding hydrogens is 512 g/mol.